The number of fused-ring (bicyclic) bond motifs is 1. The molecule has 0 saturated carbocycles. The van der Waals surface area contributed by atoms with E-state index in [0.29, 0.717) is 29.0 Å². The minimum atomic E-state index is -0.114. The molecule has 5 rings (SSSR count). The number of thiazole rings is 1. The van der Waals surface area contributed by atoms with Crippen LogP contribution in [0.2, 0.25) is 0 Å². The smallest absolute Gasteiger partial charge is 0.234 e. The summed E-state index contributed by atoms with van der Waals surface area (Å²) in [6.07, 6.45) is 0. The summed E-state index contributed by atoms with van der Waals surface area (Å²) in [6, 6.07) is 19.7. The van der Waals surface area contributed by atoms with E-state index in [0.717, 1.165) is 27.3 Å². The van der Waals surface area contributed by atoms with Gasteiger partial charge in [0.25, 0.3) is 0 Å². The Morgan fingerprint density at radius 1 is 0.974 bits per heavy atom. The number of aryl methyl sites for hydroxylation is 1. The molecule has 8 nitrogen and oxygen atoms in total. The van der Waals surface area contributed by atoms with Gasteiger partial charge in [-0.3, -0.25) is 4.79 Å². The van der Waals surface area contributed by atoms with Crippen LogP contribution < -0.4 is 14.8 Å². The first-order valence-electron chi connectivity index (χ1n) is 12.0. The first kappa shape index (κ1) is 25.7. The number of hydrogen-bond acceptors (Lipinski definition) is 8. The summed E-state index contributed by atoms with van der Waals surface area (Å²) in [5, 5.41) is 13.3. The zero-order valence-electron chi connectivity index (χ0n) is 21.5. The van der Waals surface area contributed by atoms with Crippen LogP contribution in [0.15, 0.2) is 65.8 Å². The van der Waals surface area contributed by atoms with Crippen molar-refractivity contribution < 1.29 is 14.3 Å². The number of carbonyl (C=O) groups is 1. The minimum absolute atomic E-state index is 0.114. The van der Waals surface area contributed by atoms with E-state index in [1.54, 1.807) is 25.6 Å². The summed E-state index contributed by atoms with van der Waals surface area (Å²) < 4.78 is 13.9. The molecule has 0 aliphatic heterocycles. The lowest BCUT2D eigenvalue weighted by molar-refractivity contribution is -0.113. The second kappa shape index (κ2) is 11.2. The minimum Gasteiger partial charge on any atom is -0.493 e. The molecule has 0 saturated heterocycles. The van der Waals surface area contributed by atoms with E-state index in [1.807, 2.05) is 60.0 Å². The first-order chi connectivity index (χ1) is 18.5. The van der Waals surface area contributed by atoms with Crippen molar-refractivity contribution in [3.63, 3.8) is 0 Å². The number of nitrogens with one attached hydrogen (secondary N) is 1. The third kappa shape index (κ3) is 5.36. The molecule has 1 N–H and O–H groups in total. The highest BCUT2D eigenvalue weighted by Gasteiger charge is 2.17. The van der Waals surface area contributed by atoms with Gasteiger partial charge in [-0.05, 0) is 74.0 Å². The zero-order chi connectivity index (χ0) is 26.6. The molecule has 194 valence electrons. The maximum Gasteiger partial charge on any atom is 0.234 e. The summed E-state index contributed by atoms with van der Waals surface area (Å²) >= 11 is 3.02. The topological polar surface area (TPSA) is 91.2 Å². The van der Waals surface area contributed by atoms with Gasteiger partial charge in [0.05, 0.1) is 30.2 Å². The van der Waals surface area contributed by atoms with Gasteiger partial charge in [-0.25, -0.2) is 4.98 Å². The molecule has 2 aromatic heterocycles. The Bertz CT molecular complexity index is 1590. The second-order valence-electron chi connectivity index (χ2n) is 8.52. The van der Waals surface area contributed by atoms with Gasteiger partial charge in [0.2, 0.25) is 5.91 Å². The standard InChI is InChI=1S/C28H27N5O3S2/c1-5-33-26(19-9-13-22(35-3)23(15-19)36-4)31-32-28(33)37-16-25(34)29-20-10-7-18(8-11-20)27-30-21-12-6-17(2)14-24(21)38-27/h6-15H,5,16H2,1-4H3,(H,29,34). The normalized spacial score (nSPS) is 11.1. The molecular formula is C28H27N5O3S2. The zero-order valence-corrected chi connectivity index (χ0v) is 23.2. The lowest BCUT2D eigenvalue weighted by Gasteiger charge is -2.11. The maximum atomic E-state index is 12.7. The fourth-order valence-corrected chi connectivity index (χ4v) is 5.92. The molecular weight excluding hydrogens is 518 g/mol. The molecule has 0 aliphatic rings. The number of methoxy groups -OCH3 is 2. The Hall–Kier alpha value is -3.89. The van der Waals surface area contributed by atoms with Gasteiger partial charge in [-0.2, -0.15) is 0 Å². The van der Waals surface area contributed by atoms with E-state index in [2.05, 4.69) is 34.6 Å². The van der Waals surface area contributed by atoms with Crippen molar-refractivity contribution in [2.45, 2.75) is 25.5 Å². The van der Waals surface area contributed by atoms with Crippen molar-refractivity contribution in [1.82, 2.24) is 19.7 Å². The van der Waals surface area contributed by atoms with E-state index < -0.39 is 0 Å². The Morgan fingerprint density at radius 2 is 1.74 bits per heavy atom. The molecule has 10 heteroatoms. The Balaban J connectivity index is 1.23. The summed E-state index contributed by atoms with van der Waals surface area (Å²) in [5.41, 5.74) is 4.84. The van der Waals surface area contributed by atoms with E-state index in [-0.39, 0.29) is 11.7 Å². The highest BCUT2D eigenvalue weighted by atomic mass is 32.2. The molecule has 38 heavy (non-hydrogen) atoms. The van der Waals surface area contributed by atoms with Crippen molar-refractivity contribution in [3.8, 4) is 33.5 Å². The average molecular weight is 546 g/mol. The number of aromatic nitrogens is 4. The molecule has 2 heterocycles. The Kier molecular flexibility index (Phi) is 7.62. The lowest BCUT2D eigenvalue weighted by Crippen LogP contribution is -2.14. The van der Waals surface area contributed by atoms with Crippen LogP contribution in [0.4, 0.5) is 5.69 Å². The molecule has 0 atom stereocenters. The van der Waals surface area contributed by atoms with Crippen LogP contribution in [0.5, 0.6) is 11.5 Å². The van der Waals surface area contributed by atoms with E-state index in [9.17, 15) is 4.79 Å². The fraction of sp³-hybridized carbons (Fsp3) is 0.214. The molecule has 3 aromatic carbocycles. The number of hydrogen-bond donors (Lipinski definition) is 1. The average Bonchev–Trinajstić information content (AvgIpc) is 3.55. The third-order valence-electron chi connectivity index (χ3n) is 5.97. The quantitative estimate of drug-likeness (QED) is 0.217. The number of anilines is 1. The number of ether oxygens (including phenoxy) is 2. The van der Waals surface area contributed by atoms with Crippen LogP contribution in [0.25, 0.3) is 32.2 Å². The molecule has 0 spiro atoms. The number of amides is 1. The monoisotopic (exact) mass is 545 g/mol. The molecule has 0 unspecified atom stereocenters. The van der Waals surface area contributed by atoms with Crippen molar-refractivity contribution in [1.29, 1.82) is 0 Å². The van der Waals surface area contributed by atoms with Crippen LogP contribution in [0, 0.1) is 6.92 Å². The second-order valence-corrected chi connectivity index (χ2v) is 10.5. The largest absolute Gasteiger partial charge is 0.493 e. The molecule has 0 bridgehead atoms. The van der Waals surface area contributed by atoms with Gasteiger partial charge in [-0.1, -0.05) is 17.8 Å². The number of nitrogens with zero attached hydrogens (tertiary/aromatic N) is 4. The van der Waals surface area contributed by atoms with Crippen LogP contribution >= 0.6 is 23.1 Å². The number of thioether (sulfide) groups is 1. The van der Waals surface area contributed by atoms with Gasteiger partial charge in [-0.15, -0.1) is 21.5 Å². The number of benzene rings is 3. The molecule has 0 radical (unpaired) electrons. The predicted molar refractivity (Wildman–Crippen MR) is 153 cm³/mol. The van der Waals surface area contributed by atoms with Crippen LogP contribution in [-0.4, -0.2) is 45.6 Å². The van der Waals surface area contributed by atoms with Crippen LogP contribution in [0.3, 0.4) is 0 Å². The van der Waals surface area contributed by atoms with Crippen molar-refractivity contribution in [3.05, 3.63) is 66.2 Å². The number of rotatable bonds is 9. The molecule has 0 aliphatic carbocycles. The summed E-state index contributed by atoms with van der Waals surface area (Å²) in [5.74, 6) is 2.07. The van der Waals surface area contributed by atoms with Gasteiger partial charge >= 0.3 is 0 Å². The first-order valence-corrected chi connectivity index (χ1v) is 13.8. The Morgan fingerprint density at radius 3 is 2.47 bits per heavy atom. The lowest BCUT2D eigenvalue weighted by atomic mass is 10.2. The highest BCUT2D eigenvalue weighted by molar-refractivity contribution is 7.99. The summed E-state index contributed by atoms with van der Waals surface area (Å²) in [6.45, 7) is 4.76. The predicted octanol–water partition coefficient (Wildman–Crippen LogP) is 6.30. The molecule has 5 aromatic rings. The number of carbonyl (C=O) groups excluding carboxylic acids is 1. The highest BCUT2D eigenvalue weighted by Crippen LogP contribution is 2.33. The van der Waals surface area contributed by atoms with Gasteiger partial charge < -0.3 is 19.4 Å². The SMILES string of the molecule is CCn1c(SCC(=O)Nc2ccc(-c3nc4ccc(C)cc4s3)cc2)nnc1-c1ccc(OC)c(OC)c1. The van der Waals surface area contributed by atoms with Crippen molar-refractivity contribution >= 4 is 44.9 Å². The summed E-state index contributed by atoms with van der Waals surface area (Å²) in [7, 11) is 3.20. The van der Waals surface area contributed by atoms with Crippen LogP contribution in [-0.2, 0) is 11.3 Å². The van der Waals surface area contributed by atoms with Crippen molar-refractivity contribution in [2.24, 2.45) is 0 Å². The van der Waals surface area contributed by atoms with Gasteiger partial charge in [0.1, 0.15) is 5.01 Å². The van der Waals surface area contributed by atoms with Crippen molar-refractivity contribution in [2.75, 3.05) is 25.3 Å². The van der Waals surface area contributed by atoms with E-state index in [1.165, 1.54) is 22.0 Å². The van der Waals surface area contributed by atoms with Crippen LogP contribution in [0.1, 0.15) is 12.5 Å². The third-order valence-corrected chi connectivity index (χ3v) is 8.00. The fourth-order valence-electron chi connectivity index (χ4n) is 4.05. The van der Waals surface area contributed by atoms with Gasteiger partial charge in [0.15, 0.2) is 22.5 Å². The molecule has 1 amide bonds. The maximum absolute atomic E-state index is 12.7. The molecule has 0 fully saturated rings. The Labute approximate surface area is 229 Å². The summed E-state index contributed by atoms with van der Waals surface area (Å²) in [4.78, 5) is 17.4. The van der Waals surface area contributed by atoms with E-state index >= 15 is 0 Å². The van der Waals surface area contributed by atoms with E-state index in [4.69, 9.17) is 14.5 Å². The van der Waals surface area contributed by atoms with Gasteiger partial charge in [0, 0.05) is 23.4 Å².